The number of hydrogen-bond acceptors (Lipinski definition) is 3. The van der Waals surface area contributed by atoms with Gasteiger partial charge in [-0.3, -0.25) is 4.79 Å². The Kier molecular flexibility index (Phi) is 5.04. The summed E-state index contributed by atoms with van der Waals surface area (Å²) in [7, 11) is 1.51. The highest BCUT2D eigenvalue weighted by atomic mass is 35.5. The van der Waals surface area contributed by atoms with Gasteiger partial charge in [-0.15, -0.1) is 0 Å². The largest absolute Gasteiger partial charge is 0.377 e. The van der Waals surface area contributed by atoms with Gasteiger partial charge in [-0.25, -0.2) is 4.98 Å². The monoisotopic (exact) mass is 337 g/mol. The van der Waals surface area contributed by atoms with Gasteiger partial charge in [-0.2, -0.15) is 0 Å². The fourth-order valence-corrected chi connectivity index (χ4v) is 2.58. The number of pyridine rings is 1. The molecule has 0 spiro atoms. The average molecular weight is 338 g/mol. The third-order valence-electron chi connectivity index (χ3n) is 3.61. The van der Waals surface area contributed by atoms with E-state index in [0.717, 1.165) is 22.2 Å². The number of Topliss-reactive ketones (excluding diaryl/α,β-unsaturated/α-hetero) is 1. The molecule has 0 bridgehead atoms. The van der Waals surface area contributed by atoms with Crippen LogP contribution in [0.25, 0.3) is 23.1 Å². The summed E-state index contributed by atoms with van der Waals surface area (Å²) in [6.07, 6.45) is 3.85. The van der Waals surface area contributed by atoms with Gasteiger partial charge in [0.25, 0.3) is 0 Å². The maximum Gasteiger partial charge on any atom is 0.188 e. The number of ketones is 1. The summed E-state index contributed by atoms with van der Waals surface area (Å²) in [4.78, 5) is 16.5. The molecule has 0 unspecified atom stereocenters. The number of benzene rings is 2. The van der Waals surface area contributed by atoms with Gasteiger partial charge in [0.1, 0.15) is 6.61 Å². The fraction of sp³-hybridized carbons (Fsp3) is 0.100. The molecule has 0 aliphatic rings. The zero-order chi connectivity index (χ0) is 16.9. The Morgan fingerprint density at radius 1 is 1.12 bits per heavy atom. The van der Waals surface area contributed by atoms with Crippen LogP contribution >= 0.6 is 11.6 Å². The number of aromatic nitrogens is 1. The molecular weight excluding hydrogens is 322 g/mol. The van der Waals surface area contributed by atoms with Crippen LogP contribution in [-0.2, 0) is 4.74 Å². The lowest BCUT2D eigenvalue weighted by molar-refractivity contribution is 0.0848. The molecule has 0 fully saturated rings. The summed E-state index contributed by atoms with van der Waals surface area (Å²) in [5.74, 6) is -0.0359. The van der Waals surface area contributed by atoms with Crippen molar-refractivity contribution in [3.63, 3.8) is 0 Å². The first-order valence-electron chi connectivity index (χ1n) is 7.52. The van der Waals surface area contributed by atoms with E-state index >= 15 is 0 Å². The zero-order valence-corrected chi connectivity index (χ0v) is 14.0. The molecule has 0 radical (unpaired) electrons. The van der Waals surface area contributed by atoms with Gasteiger partial charge < -0.3 is 4.74 Å². The minimum Gasteiger partial charge on any atom is -0.377 e. The predicted molar refractivity (Wildman–Crippen MR) is 98.3 cm³/mol. The second kappa shape index (κ2) is 7.39. The van der Waals surface area contributed by atoms with Crippen molar-refractivity contribution in [1.29, 1.82) is 0 Å². The third-order valence-corrected chi connectivity index (χ3v) is 3.84. The minimum atomic E-state index is -0.0359. The van der Waals surface area contributed by atoms with E-state index in [1.807, 2.05) is 60.7 Å². The molecule has 0 aliphatic heterocycles. The SMILES string of the molecule is COCC(=O)c1cccc(/C=C/c2ccc3ccc(Cl)cc3n2)c1. The van der Waals surface area contributed by atoms with Crippen LogP contribution in [0.2, 0.25) is 5.02 Å². The number of hydrogen-bond donors (Lipinski definition) is 0. The van der Waals surface area contributed by atoms with Crippen LogP contribution in [0.1, 0.15) is 21.6 Å². The molecule has 0 atom stereocenters. The second-order valence-electron chi connectivity index (χ2n) is 5.39. The lowest BCUT2D eigenvalue weighted by atomic mass is 10.1. The Hall–Kier alpha value is -2.49. The Bertz CT molecular complexity index is 918. The number of halogens is 1. The van der Waals surface area contributed by atoms with Crippen LogP contribution in [-0.4, -0.2) is 24.5 Å². The number of fused-ring (bicyclic) bond motifs is 1. The Labute approximate surface area is 145 Å². The van der Waals surface area contributed by atoms with E-state index in [1.54, 1.807) is 6.07 Å². The second-order valence-corrected chi connectivity index (χ2v) is 5.82. The van der Waals surface area contributed by atoms with Crippen molar-refractivity contribution in [1.82, 2.24) is 4.98 Å². The molecular formula is C20H16ClNO2. The van der Waals surface area contributed by atoms with Crippen LogP contribution in [0.3, 0.4) is 0 Å². The number of ether oxygens (including phenoxy) is 1. The smallest absolute Gasteiger partial charge is 0.188 e. The van der Waals surface area contributed by atoms with Crippen molar-refractivity contribution in [2.75, 3.05) is 13.7 Å². The highest BCUT2D eigenvalue weighted by Crippen LogP contribution is 2.19. The van der Waals surface area contributed by atoms with Gasteiger partial charge in [0.2, 0.25) is 0 Å². The van der Waals surface area contributed by atoms with Gasteiger partial charge >= 0.3 is 0 Å². The number of carbonyl (C=O) groups excluding carboxylic acids is 1. The summed E-state index contributed by atoms with van der Waals surface area (Å²) < 4.78 is 4.89. The van der Waals surface area contributed by atoms with Gasteiger partial charge in [0, 0.05) is 23.1 Å². The Balaban J connectivity index is 1.85. The molecule has 3 nitrogen and oxygen atoms in total. The van der Waals surface area contributed by atoms with Crippen molar-refractivity contribution < 1.29 is 9.53 Å². The molecule has 2 aromatic carbocycles. The minimum absolute atomic E-state index is 0.0359. The molecule has 0 saturated carbocycles. The van der Waals surface area contributed by atoms with Gasteiger partial charge in [0.05, 0.1) is 11.2 Å². The van der Waals surface area contributed by atoms with Crippen LogP contribution in [0, 0.1) is 0 Å². The Morgan fingerprint density at radius 3 is 2.79 bits per heavy atom. The van der Waals surface area contributed by atoms with Crippen molar-refractivity contribution in [2.24, 2.45) is 0 Å². The van der Waals surface area contributed by atoms with Gasteiger partial charge in [-0.05, 0) is 35.9 Å². The normalized spacial score (nSPS) is 11.2. The van der Waals surface area contributed by atoms with E-state index in [4.69, 9.17) is 16.3 Å². The highest BCUT2D eigenvalue weighted by Gasteiger charge is 2.04. The molecule has 0 saturated heterocycles. The van der Waals surface area contributed by atoms with Crippen molar-refractivity contribution in [3.8, 4) is 0 Å². The summed E-state index contributed by atoms with van der Waals surface area (Å²) >= 11 is 6.02. The van der Waals surface area contributed by atoms with Crippen LogP contribution in [0.15, 0.2) is 54.6 Å². The molecule has 3 aromatic rings. The van der Waals surface area contributed by atoms with E-state index in [-0.39, 0.29) is 12.4 Å². The van der Waals surface area contributed by atoms with E-state index < -0.39 is 0 Å². The number of nitrogens with zero attached hydrogens (tertiary/aromatic N) is 1. The van der Waals surface area contributed by atoms with Crippen molar-refractivity contribution in [3.05, 3.63) is 76.4 Å². The summed E-state index contributed by atoms with van der Waals surface area (Å²) in [6, 6.07) is 17.0. The first-order valence-corrected chi connectivity index (χ1v) is 7.90. The van der Waals surface area contributed by atoms with Gasteiger partial charge in [0.15, 0.2) is 5.78 Å². The van der Waals surface area contributed by atoms with Gasteiger partial charge in [-0.1, -0.05) is 48.0 Å². The van der Waals surface area contributed by atoms with E-state index in [9.17, 15) is 4.79 Å². The summed E-state index contributed by atoms with van der Waals surface area (Å²) in [6.45, 7) is 0.0835. The first kappa shape index (κ1) is 16.4. The zero-order valence-electron chi connectivity index (χ0n) is 13.2. The van der Waals surface area contributed by atoms with Crippen LogP contribution in [0.5, 0.6) is 0 Å². The lowest BCUT2D eigenvalue weighted by Gasteiger charge is -2.02. The maximum atomic E-state index is 11.9. The molecule has 1 aromatic heterocycles. The maximum absolute atomic E-state index is 11.9. The topological polar surface area (TPSA) is 39.2 Å². The first-order chi connectivity index (χ1) is 11.7. The fourth-order valence-electron chi connectivity index (χ4n) is 2.41. The standard InChI is InChI=1S/C20H16ClNO2/c1-24-13-20(23)16-4-2-3-14(11-16)5-9-18-10-7-15-6-8-17(21)12-19(15)22-18/h2-12H,13H2,1H3/b9-5+. The molecule has 4 heteroatoms. The molecule has 24 heavy (non-hydrogen) atoms. The molecule has 120 valence electrons. The van der Waals surface area contributed by atoms with Crippen LogP contribution < -0.4 is 0 Å². The molecule has 0 aliphatic carbocycles. The molecule has 3 rings (SSSR count). The van der Waals surface area contributed by atoms with Crippen molar-refractivity contribution >= 4 is 40.4 Å². The molecule has 1 heterocycles. The number of rotatable bonds is 5. The number of methoxy groups -OCH3 is 1. The predicted octanol–water partition coefficient (Wildman–Crippen LogP) is 4.89. The van der Waals surface area contributed by atoms with E-state index in [0.29, 0.717) is 10.6 Å². The van der Waals surface area contributed by atoms with Crippen LogP contribution in [0.4, 0.5) is 0 Å². The molecule has 0 N–H and O–H groups in total. The van der Waals surface area contributed by atoms with E-state index in [2.05, 4.69) is 4.98 Å². The van der Waals surface area contributed by atoms with Crippen molar-refractivity contribution in [2.45, 2.75) is 0 Å². The summed E-state index contributed by atoms with van der Waals surface area (Å²) in [5, 5.41) is 1.71. The molecule has 0 amide bonds. The highest BCUT2D eigenvalue weighted by molar-refractivity contribution is 6.31. The summed E-state index contributed by atoms with van der Waals surface area (Å²) in [5.41, 5.74) is 3.26. The quantitative estimate of drug-likeness (QED) is 0.622. The number of carbonyl (C=O) groups is 1. The van der Waals surface area contributed by atoms with E-state index in [1.165, 1.54) is 7.11 Å². The Morgan fingerprint density at radius 2 is 1.96 bits per heavy atom. The lowest BCUT2D eigenvalue weighted by Crippen LogP contribution is -2.06. The average Bonchev–Trinajstić information content (AvgIpc) is 2.60. The third kappa shape index (κ3) is 3.88.